The van der Waals surface area contributed by atoms with Crippen LogP contribution in [-0.2, 0) is 4.79 Å². The summed E-state index contributed by atoms with van der Waals surface area (Å²) in [5.74, 6) is 0.328. The number of hydrogen-bond acceptors (Lipinski definition) is 3. The normalized spacial score (nSPS) is 23.3. The number of rotatable bonds is 2. The molecule has 4 nitrogen and oxygen atoms in total. The second-order valence-corrected chi connectivity index (χ2v) is 6.32. The molecule has 1 saturated carbocycles. The summed E-state index contributed by atoms with van der Waals surface area (Å²) in [4.78, 5) is 24.9. The fraction of sp³-hybridized carbons (Fsp3) is 0.529. The molecule has 2 aliphatic rings. The van der Waals surface area contributed by atoms with Crippen LogP contribution in [0.5, 0.6) is 0 Å². The molecule has 0 bridgehead atoms. The van der Waals surface area contributed by atoms with Crippen LogP contribution in [0.3, 0.4) is 0 Å². The van der Waals surface area contributed by atoms with E-state index in [4.69, 9.17) is 5.73 Å². The first kappa shape index (κ1) is 14.1. The molecular weight excluding hydrogens is 264 g/mol. The van der Waals surface area contributed by atoms with Gasteiger partial charge in [0.2, 0.25) is 5.91 Å². The largest absolute Gasteiger partial charge is 0.398 e. The molecule has 112 valence electrons. The SMILES string of the molecule is Nc1cccc2c1C(=O)C[C@@H](CC1CCCCC1)C(=O)N2. The van der Waals surface area contributed by atoms with Gasteiger partial charge in [-0.1, -0.05) is 38.2 Å². The van der Waals surface area contributed by atoms with Crippen LogP contribution in [0.25, 0.3) is 0 Å². The van der Waals surface area contributed by atoms with Crippen LogP contribution in [0.2, 0.25) is 0 Å². The average Bonchev–Trinajstić information content (AvgIpc) is 2.58. The van der Waals surface area contributed by atoms with E-state index < -0.39 is 0 Å². The van der Waals surface area contributed by atoms with Gasteiger partial charge in [0.25, 0.3) is 0 Å². The van der Waals surface area contributed by atoms with Crippen molar-refractivity contribution in [3.8, 4) is 0 Å². The number of carbonyl (C=O) groups excluding carboxylic acids is 2. The van der Waals surface area contributed by atoms with Crippen molar-refractivity contribution in [2.24, 2.45) is 11.8 Å². The third kappa shape index (κ3) is 2.94. The van der Waals surface area contributed by atoms with E-state index in [0.29, 0.717) is 22.9 Å². The van der Waals surface area contributed by atoms with Gasteiger partial charge < -0.3 is 11.1 Å². The molecule has 3 N–H and O–H groups in total. The van der Waals surface area contributed by atoms with E-state index >= 15 is 0 Å². The Labute approximate surface area is 125 Å². The molecule has 0 aromatic heterocycles. The Bertz CT molecular complexity index is 562. The van der Waals surface area contributed by atoms with Crippen molar-refractivity contribution in [1.29, 1.82) is 0 Å². The van der Waals surface area contributed by atoms with Gasteiger partial charge in [-0.05, 0) is 24.5 Å². The number of nitrogens with two attached hydrogens (primary N) is 1. The number of carbonyl (C=O) groups is 2. The lowest BCUT2D eigenvalue weighted by molar-refractivity contribution is -0.120. The molecule has 1 aliphatic heterocycles. The van der Waals surface area contributed by atoms with E-state index in [-0.39, 0.29) is 24.0 Å². The van der Waals surface area contributed by atoms with Crippen molar-refractivity contribution in [1.82, 2.24) is 0 Å². The molecule has 0 spiro atoms. The van der Waals surface area contributed by atoms with Crippen molar-refractivity contribution >= 4 is 23.1 Å². The molecule has 3 rings (SSSR count). The molecule has 1 aromatic rings. The molecule has 1 amide bonds. The van der Waals surface area contributed by atoms with Crippen LogP contribution in [0.4, 0.5) is 11.4 Å². The quantitative estimate of drug-likeness (QED) is 0.819. The Kier molecular flexibility index (Phi) is 3.95. The fourth-order valence-corrected chi connectivity index (χ4v) is 3.65. The van der Waals surface area contributed by atoms with Gasteiger partial charge in [-0.15, -0.1) is 0 Å². The van der Waals surface area contributed by atoms with Gasteiger partial charge in [0.1, 0.15) is 0 Å². The highest BCUT2D eigenvalue weighted by Gasteiger charge is 2.31. The Balaban J connectivity index is 1.79. The zero-order valence-corrected chi connectivity index (χ0v) is 12.2. The standard InChI is InChI=1S/C17H22N2O2/c18-13-7-4-8-14-16(13)15(20)10-12(17(21)19-14)9-11-5-2-1-3-6-11/h4,7-8,11-12H,1-3,5-6,9-10,18H2,(H,19,21)/t12-/m1/s1. The van der Waals surface area contributed by atoms with E-state index in [1.54, 1.807) is 18.2 Å². The Hall–Kier alpha value is -1.84. The minimum absolute atomic E-state index is 0.0118. The number of fused-ring (bicyclic) bond motifs is 1. The minimum atomic E-state index is -0.215. The van der Waals surface area contributed by atoms with Crippen molar-refractivity contribution < 1.29 is 9.59 Å². The molecule has 4 heteroatoms. The van der Waals surface area contributed by atoms with Gasteiger partial charge >= 0.3 is 0 Å². The molecular formula is C17H22N2O2. The van der Waals surface area contributed by atoms with Gasteiger partial charge in [-0.3, -0.25) is 9.59 Å². The van der Waals surface area contributed by atoms with E-state index in [9.17, 15) is 9.59 Å². The first-order valence-electron chi connectivity index (χ1n) is 7.87. The van der Waals surface area contributed by atoms with Crippen molar-refractivity contribution in [3.05, 3.63) is 23.8 Å². The van der Waals surface area contributed by atoms with Crippen molar-refractivity contribution in [2.75, 3.05) is 11.1 Å². The maximum atomic E-state index is 12.5. The maximum Gasteiger partial charge on any atom is 0.227 e. The Morgan fingerprint density at radius 3 is 2.67 bits per heavy atom. The lowest BCUT2D eigenvalue weighted by Crippen LogP contribution is -2.25. The van der Waals surface area contributed by atoms with Gasteiger partial charge in [0.15, 0.2) is 5.78 Å². The number of Topliss-reactive ketones (excluding diaryl/α,β-unsaturated/α-hetero) is 1. The second kappa shape index (κ2) is 5.88. The number of amides is 1. The van der Waals surface area contributed by atoms with E-state index in [2.05, 4.69) is 5.32 Å². The van der Waals surface area contributed by atoms with Crippen LogP contribution >= 0.6 is 0 Å². The van der Waals surface area contributed by atoms with Crippen LogP contribution in [0.15, 0.2) is 18.2 Å². The van der Waals surface area contributed by atoms with Crippen LogP contribution in [0, 0.1) is 11.8 Å². The topological polar surface area (TPSA) is 72.2 Å². The monoisotopic (exact) mass is 286 g/mol. The smallest absolute Gasteiger partial charge is 0.227 e. The number of benzene rings is 1. The molecule has 21 heavy (non-hydrogen) atoms. The van der Waals surface area contributed by atoms with Gasteiger partial charge in [-0.2, -0.15) is 0 Å². The number of anilines is 2. The molecule has 1 atom stereocenters. The van der Waals surface area contributed by atoms with Crippen molar-refractivity contribution in [3.63, 3.8) is 0 Å². The summed E-state index contributed by atoms with van der Waals surface area (Å²) >= 11 is 0. The lowest BCUT2D eigenvalue weighted by atomic mass is 9.81. The molecule has 1 aromatic carbocycles. The van der Waals surface area contributed by atoms with E-state index in [1.165, 1.54) is 32.1 Å². The summed E-state index contributed by atoms with van der Waals surface area (Å²) in [5, 5.41) is 2.89. The van der Waals surface area contributed by atoms with Gasteiger partial charge in [0.05, 0.1) is 11.3 Å². The highest BCUT2D eigenvalue weighted by Crippen LogP contribution is 2.34. The number of ketones is 1. The van der Waals surface area contributed by atoms with Gasteiger partial charge in [0, 0.05) is 18.0 Å². The van der Waals surface area contributed by atoms with Gasteiger partial charge in [-0.25, -0.2) is 0 Å². The van der Waals surface area contributed by atoms with Crippen molar-refractivity contribution in [2.45, 2.75) is 44.9 Å². The molecule has 1 aliphatic carbocycles. The fourth-order valence-electron chi connectivity index (χ4n) is 3.65. The summed E-state index contributed by atoms with van der Waals surface area (Å²) in [6.45, 7) is 0. The third-order valence-corrected chi connectivity index (χ3v) is 4.78. The van der Waals surface area contributed by atoms with E-state index in [0.717, 1.165) is 6.42 Å². The summed E-state index contributed by atoms with van der Waals surface area (Å²) in [6, 6.07) is 5.23. The third-order valence-electron chi connectivity index (χ3n) is 4.78. The number of nitrogens with one attached hydrogen (secondary N) is 1. The Morgan fingerprint density at radius 2 is 1.90 bits per heavy atom. The summed E-state index contributed by atoms with van der Waals surface area (Å²) in [6.07, 6.45) is 7.28. The summed E-state index contributed by atoms with van der Waals surface area (Å²) in [7, 11) is 0. The van der Waals surface area contributed by atoms with Crippen LogP contribution in [-0.4, -0.2) is 11.7 Å². The molecule has 1 heterocycles. The second-order valence-electron chi connectivity index (χ2n) is 6.32. The summed E-state index contributed by atoms with van der Waals surface area (Å²) in [5.41, 5.74) is 7.41. The summed E-state index contributed by atoms with van der Waals surface area (Å²) < 4.78 is 0. The Morgan fingerprint density at radius 1 is 1.14 bits per heavy atom. The first-order valence-corrected chi connectivity index (χ1v) is 7.87. The minimum Gasteiger partial charge on any atom is -0.398 e. The zero-order chi connectivity index (χ0) is 14.8. The van der Waals surface area contributed by atoms with E-state index in [1.807, 2.05) is 0 Å². The molecule has 0 unspecified atom stereocenters. The van der Waals surface area contributed by atoms with Crippen LogP contribution < -0.4 is 11.1 Å². The average molecular weight is 286 g/mol. The lowest BCUT2D eigenvalue weighted by Gasteiger charge is -2.24. The molecule has 0 saturated heterocycles. The zero-order valence-electron chi connectivity index (χ0n) is 12.2. The highest BCUT2D eigenvalue weighted by molar-refractivity contribution is 6.12. The predicted octanol–water partition coefficient (Wildman–Crippen LogP) is 3.38. The van der Waals surface area contributed by atoms with Crippen LogP contribution in [0.1, 0.15) is 55.3 Å². The number of hydrogen-bond donors (Lipinski definition) is 2. The molecule has 1 fully saturated rings. The maximum absolute atomic E-state index is 12.5. The number of nitrogen functional groups attached to an aromatic ring is 1. The first-order chi connectivity index (χ1) is 10.1. The predicted molar refractivity (Wildman–Crippen MR) is 83.1 cm³/mol. The molecule has 0 radical (unpaired) electrons. The highest BCUT2D eigenvalue weighted by atomic mass is 16.2.